The lowest BCUT2D eigenvalue weighted by Crippen LogP contribution is -2.69. The number of rotatable bonds is 10. The van der Waals surface area contributed by atoms with Gasteiger partial charge in [0.25, 0.3) is 0 Å². The molecule has 1 fully saturated rings. The van der Waals surface area contributed by atoms with Gasteiger partial charge in [0.2, 0.25) is 6.23 Å². The van der Waals surface area contributed by atoms with Gasteiger partial charge in [-0.25, -0.2) is 0 Å². The molecule has 0 amide bonds. The summed E-state index contributed by atoms with van der Waals surface area (Å²) in [5.74, 6) is -0.850. The number of aliphatic carboxylic acids is 1. The summed E-state index contributed by atoms with van der Waals surface area (Å²) < 4.78 is 11.4. The highest BCUT2D eigenvalue weighted by Crippen LogP contribution is 2.35. The molecule has 41 heavy (non-hydrogen) atoms. The van der Waals surface area contributed by atoms with Crippen LogP contribution >= 0.6 is 0 Å². The van der Waals surface area contributed by atoms with E-state index in [0.717, 1.165) is 34.3 Å². The number of aliphatic hydroxyl groups excluding tert-OH is 3. The summed E-state index contributed by atoms with van der Waals surface area (Å²) >= 11 is 0. The van der Waals surface area contributed by atoms with Gasteiger partial charge < -0.3 is 39.8 Å². The Labute approximate surface area is 239 Å². The zero-order valence-electron chi connectivity index (χ0n) is 23.4. The minimum atomic E-state index is -1.79. The molecule has 1 aliphatic rings. The minimum Gasteiger partial charge on any atom is -0.547 e. The van der Waals surface area contributed by atoms with Gasteiger partial charge in [-0.15, -0.1) is 0 Å². The Morgan fingerprint density at radius 2 is 1.44 bits per heavy atom. The quantitative estimate of drug-likeness (QED) is 0.216. The van der Waals surface area contributed by atoms with E-state index in [1.165, 1.54) is 0 Å². The maximum absolute atomic E-state index is 11.4. The predicted octanol–water partition coefficient (Wildman–Crippen LogP) is 1.77. The summed E-state index contributed by atoms with van der Waals surface area (Å²) in [7, 11) is 3.42. The Balaban J connectivity index is 1.51. The number of likely N-dealkylation sites (N-methyl/N-ethyl adjacent to an activating group) is 1. The number of phenols is 1. The van der Waals surface area contributed by atoms with Gasteiger partial charge in [-0.05, 0) is 58.5 Å². The van der Waals surface area contributed by atoms with Crippen molar-refractivity contribution in [3.05, 3.63) is 95.6 Å². The van der Waals surface area contributed by atoms with Crippen LogP contribution in [0.3, 0.4) is 0 Å². The van der Waals surface area contributed by atoms with Crippen molar-refractivity contribution < 1.29 is 44.3 Å². The highest BCUT2D eigenvalue weighted by molar-refractivity contribution is 5.98. The van der Waals surface area contributed by atoms with Gasteiger partial charge in [0.15, 0.2) is 6.10 Å². The number of hydrogen-bond donors (Lipinski definition) is 4. The Hall–Kier alpha value is -3.73. The average Bonchev–Trinajstić information content (AvgIpc) is 2.96. The van der Waals surface area contributed by atoms with Crippen LogP contribution in [0.15, 0.2) is 78.9 Å². The molecule has 0 radical (unpaired) electrons. The first-order valence-electron chi connectivity index (χ1n) is 13.6. The lowest BCUT2D eigenvalue weighted by Gasteiger charge is -2.47. The molecule has 0 saturated carbocycles. The van der Waals surface area contributed by atoms with E-state index in [2.05, 4.69) is 19.1 Å². The van der Waals surface area contributed by atoms with Crippen molar-refractivity contribution in [2.24, 2.45) is 0 Å². The number of phenolic OH excluding ortho intramolecular Hbond substituents is 1. The van der Waals surface area contributed by atoms with Gasteiger partial charge in [0, 0.05) is 0 Å². The molecule has 3 aromatic rings. The van der Waals surface area contributed by atoms with E-state index in [1.54, 1.807) is 26.2 Å². The monoisotopic (exact) mass is 563 g/mol. The molecule has 5 atom stereocenters. The Morgan fingerprint density at radius 3 is 2.00 bits per heavy atom. The number of allylic oxidation sites excluding steroid dienone is 1. The number of nitrogens with zero attached hydrogens (tertiary/aromatic N) is 1. The van der Waals surface area contributed by atoms with Gasteiger partial charge in [0.1, 0.15) is 43.0 Å². The molecule has 0 bridgehead atoms. The first kappa shape index (κ1) is 30.2. The molecule has 4 N–H and O–H groups in total. The summed E-state index contributed by atoms with van der Waals surface area (Å²) in [4.78, 5) is 11.4. The maximum atomic E-state index is 11.4. The predicted molar refractivity (Wildman–Crippen MR) is 151 cm³/mol. The fourth-order valence-corrected chi connectivity index (χ4v) is 5.19. The van der Waals surface area contributed by atoms with Crippen LogP contribution in [-0.2, 0) is 9.53 Å². The number of carbonyl (C=O) groups is 1. The second kappa shape index (κ2) is 12.8. The first-order valence-corrected chi connectivity index (χ1v) is 13.6. The maximum Gasteiger partial charge on any atom is 0.222 e. The largest absolute Gasteiger partial charge is 0.547 e. The topological polar surface area (TPSA) is 140 Å². The number of hydrogen-bond acceptors (Lipinski definition) is 8. The van der Waals surface area contributed by atoms with E-state index < -0.39 is 36.6 Å². The van der Waals surface area contributed by atoms with Crippen molar-refractivity contribution in [1.82, 2.24) is 0 Å². The number of ether oxygens (including phenoxy) is 2. The molecular formula is C32H37NO8. The number of quaternary nitrogens is 1. The zero-order valence-corrected chi connectivity index (χ0v) is 23.4. The first-order chi connectivity index (χ1) is 19.5. The van der Waals surface area contributed by atoms with E-state index in [-0.39, 0.29) is 16.8 Å². The molecule has 4 rings (SSSR count). The van der Waals surface area contributed by atoms with Crippen LogP contribution in [0.4, 0.5) is 0 Å². The van der Waals surface area contributed by atoms with Gasteiger partial charge in [-0.3, -0.25) is 4.48 Å². The highest BCUT2D eigenvalue weighted by atomic mass is 16.6. The molecule has 1 saturated heterocycles. The van der Waals surface area contributed by atoms with Crippen LogP contribution in [-0.4, -0.2) is 88.8 Å². The van der Waals surface area contributed by atoms with Gasteiger partial charge >= 0.3 is 0 Å². The summed E-state index contributed by atoms with van der Waals surface area (Å²) in [5, 5.41) is 51.8. The number of aromatic hydroxyl groups is 1. The van der Waals surface area contributed by atoms with Gasteiger partial charge in [0.05, 0.1) is 20.1 Å². The van der Waals surface area contributed by atoms with E-state index in [0.29, 0.717) is 12.3 Å². The molecular weight excluding hydrogens is 526 g/mol. The third-order valence-corrected chi connectivity index (χ3v) is 7.52. The molecule has 9 heteroatoms. The third kappa shape index (κ3) is 6.78. The Kier molecular flexibility index (Phi) is 9.47. The van der Waals surface area contributed by atoms with Crippen LogP contribution in [0.25, 0.3) is 11.1 Å². The van der Waals surface area contributed by atoms with E-state index >= 15 is 0 Å². The number of aliphatic hydroxyl groups is 3. The van der Waals surface area contributed by atoms with Crippen LogP contribution in [0, 0.1) is 0 Å². The van der Waals surface area contributed by atoms with Crippen molar-refractivity contribution in [2.75, 3.05) is 27.2 Å². The fraction of sp³-hybridized carbons (Fsp3) is 0.344. The molecule has 1 aliphatic heterocycles. The van der Waals surface area contributed by atoms with Crippen molar-refractivity contribution >= 4 is 17.1 Å². The molecule has 0 aliphatic carbocycles. The second-order valence-electron chi connectivity index (χ2n) is 10.7. The molecule has 3 aromatic carbocycles. The van der Waals surface area contributed by atoms with Crippen LogP contribution in [0.1, 0.15) is 30.0 Å². The Morgan fingerprint density at radius 1 is 0.854 bits per heavy atom. The van der Waals surface area contributed by atoms with Gasteiger partial charge in [-0.1, -0.05) is 61.5 Å². The van der Waals surface area contributed by atoms with Crippen molar-refractivity contribution in [2.45, 2.75) is 44.0 Å². The standard InChI is InChI=1S/C32H37NO8/c1-4-25(20-8-6-5-7-9-20)26(21-10-14-23(34)15-11-21)22-12-16-24(17-13-22)40-19-18-33(2,3)31-29(37)27(35)28(36)30(41-31)32(38)39/h5-17,27-31,35-37H,4,18-19H2,1-3H3,(H-,34,38,39)/t27-,28-,29+,30-,31+/m0/s1. The summed E-state index contributed by atoms with van der Waals surface area (Å²) in [5.41, 5.74) is 5.29. The van der Waals surface area contributed by atoms with E-state index in [1.807, 2.05) is 54.6 Å². The normalized spacial score (nSPS) is 23.5. The SMILES string of the molecule is CCC(=C(c1ccc(O)cc1)c1ccc(OCC[N+](C)(C)[C@@H]2O[C@H](C(=O)[O-])[C@@H](O)[C@H](O)[C@H]2O)cc1)c1ccccc1. The van der Waals surface area contributed by atoms with E-state index in [9.17, 15) is 30.3 Å². The number of carboxylic acids is 1. The molecule has 0 aromatic heterocycles. The molecule has 9 nitrogen and oxygen atoms in total. The molecule has 218 valence electrons. The van der Waals surface area contributed by atoms with Crippen LogP contribution in [0.5, 0.6) is 11.5 Å². The number of carbonyl (C=O) groups excluding carboxylic acids is 1. The average molecular weight is 564 g/mol. The number of carboxylic acid groups (broad SMARTS) is 1. The van der Waals surface area contributed by atoms with Crippen molar-refractivity contribution in [3.8, 4) is 11.5 Å². The molecule has 0 unspecified atom stereocenters. The van der Waals surface area contributed by atoms with Crippen LogP contribution < -0.4 is 9.84 Å². The fourth-order valence-electron chi connectivity index (χ4n) is 5.19. The lowest BCUT2D eigenvalue weighted by molar-refractivity contribution is -0.944. The lowest BCUT2D eigenvalue weighted by atomic mass is 9.88. The smallest absolute Gasteiger partial charge is 0.222 e. The molecule has 0 spiro atoms. The highest BCUT2D eigenvalue weighted by Gasteiger charge is 2.50. The summed E-state index contributed by atoms with van der Waals surface area (Å²) in [6, 6.07) is 25.0. The summed E-state index contributed by atoms with van der Waals surface area (Å²) in [6.07, 6.45) is -7.07. The van der Waals surface area contributed by atoms with Crippen LogP contribution in [0.2, 0.25) is 0 Å². The van der Waals surface area contributed by atoms with Crippen molar-refractivity contribution in [3.63, 3.8) is 0 Å². The number of benzene rings is 3. The third-order valence-electron chi connectivity index (χ3n) is 7.52. The molecule has 1 heterocycles. The second-order valence-corrected chi connectivity index (χ2v) is 10.7. The van der Waals surface area contributed by atoms with E-state index in [4.69, 9.17) is 9.47 Å². The zero-order chi connectivity index (χ0) is 29.7. The minimum absolute atomic E-state index is 0.0303. The summed E-state index contributed by atoms with van der Waals surface area (Å²) in [6.45, 7) is 2.62. The Bertz CT molecular complexity index is 1340. The van der Waals surface area contributed by atoms with Crippen molar-refractivity contribution in [1.29, 1.82) is 0 Å². The van der Waals surface area contributed by atoms with Gasteiger partial charge in [-0.2, -0.15) is 0 Å².